The number of piperidine rings is 1. The van der Waals surface area contributed by atoms with E-state index in [4.69, 9.17) is 4.74 Å². The van der Waals surface area contributed by atoms with E-state index in [1.54, 1.807) is 18.2 Å². The highest BCUT2D eigenvalue weighted by atomic mass is 19.1. The molecule has 0 bridgehead atoms. The van der Waals surface area contributed by atoms with Gasteiger partial charge in [0, 0.05) is 31.7 Å². The number of aryl methyl sites for hydroxylation is 1. The molecule has 2 aromatic rings. The van der Waals surface area contributed by atoms with E-state index in [1.165, 1.54) is 19.2 Å². The van der Waals surface area contributed by atoms with Crippen LogP contribution in [0.3, 0.4) is 0 Å². The average Bonchev–Trinajstić information content (AvgIpc) is 3.16. The summed E-state index contributed by atoms with van der Waals surface area (Å²) >= 11 is 0. The minimum absolute atomic E-state index is 0.119. The predicted octanol–water partition coefficient (Wildman–Crippen LogP) is 3.21. The zero-order valence-corrected chi connectivity index (χ0v) is 14.9. The summed E-state index contributed by atoms with van der Waals surface area (Å²) in [5.41, 5.74) is 1.51. The van der Waals surface area contributed by atoms with Gasteiger partial charge in [-0.15, -0.1) is 0 Å². The molecule has 0 unspecified atom stereocenters. The Hall–Kier alpha value is -2.63. The van der Waals surface area contributed by atoms with Crippen molar-refractivity contribution in [1.29, 1.82) is 0 Å². The maximum absolute atomic E-state index is 12.9. The van der Waals surface area contributed by atoms with Crippen molar-refractivity contribution in [3.8, 4) is 0 Å². The van der Waals surface area contributed by atoms with Crippen LogP contribution < -0.4 is 0 Å². The highest BCUT2D eigenvalue weighted by Gasteiger charge is 2.25. The van der Waals surface area contributed by atoms with Crippen molar-refractivity contribution in [1.82, 2.24) is 9.47 Å². The first kappa shape index (κ1) is 18.2. The van der Waals surface area contributed by atoms with Gasteiger partial charge in [-0.05, 0) is 49.1 Å². The first-order valence-electron chi connectivity index (χ1n) is 8.86. The molecule has 0 N–H and O–H groups in total. The zero-order valence-electron chi connectivity index (χ0n) is 14.9. The molecular formula is C20H23FN2O3. The lowest BCUT2D eigenvalue weighted by Gasteiger charge is -2.33. The van der Waals surface area contributed by atoms with Gasteiger partial charge in [-0.3, -0.25) is 4.79 Å². The number of amides is 1. The van der Waals surface area contributed by atoms with E-state index in [0.717, 1.165) is 18.4 Å². The smallest absolute Gasteiger partial charge is 0.354 e. The van der Waals surface area contributed by atoms with Gasteiger partial charge in [-0.2, -0.15) is 0 Å². The van der Waals surface area contributed by atoms with E-state index in [0.29, 0.717) is 31.6 Å². The summed E-state index contributed by atoms with van der Waals surface area (Å²) in [7, 11) is 1.38. The van der Waals surface area contributed by atoms with Crippen LogP contribution in [0.1, 0.15) is 41.4 Å². The van der Waals surface area contributed by atoms with Crippen LogP contribution >= 0.6 is 0 Å². The van der Waals surface area contributed by atoms with Gasteiger partial charge in [-0.25, -0.2) is 9.18 Å². The summed E-state index contributed by atoms with van der Waals surface area (Å²) in [4.78, 5) is 26.1. The van der Waals surface area contributed by atoms with Crippen LogP contribution in [-0.2, 0) is 16.0 Å². The van der Waals surface area contributed by atoms with Gasteiger partial charge in [0.2, 0.25) is 5.91 Å². The predicted molar refractivity (Wildman–Crippen MR) is 95.3 cm³/mol. The van der Waals surface area contributed by atoms with Gasteiger partial charge in [-0.1, -0.05) is 12.1 Å². The molecule has 0 radical (unpaired) electrons. The van der Waals surface area contributed by atoms with E-state index >= 15 is 0 Å². The van der Waals surface area contributed by atoms with E-state index in [-0.39, 0.29) is 23.7 Å². The molecule has 1 aliphatic heterocycles. The van der Waals surface area contributed by atoms with Crippen molar-refractivity contribution < 1.29 is 18.7 Å². The van der Waals surface area contributed by atoms with Gasteiger partial charge in [0.1, 0.15) is 11.5 Å². The molecule has 0 spiro atoms. The molecule has 26 heavy (non-hydrogen) atoms. The number of benzene rings is 1. The zero-order chi connectivity index (χ0) is 18.5. The lowest BCUT2D eigenvalue weighted by atomic mass is 10.0. The molecule has 0 atom stereocenters. The second-order valence-corrected chi connectivity index (χ2v) is 6.53. The van der Waals surface area contributed by atoms with Crippen LogP contribution in [0.2, 0.25) is 0 Å². The van der Waals surface area contributed by atoms with Crippen LogP contribution in [-0.4, -0.2) is 41.5 Å². The molecule has 138 valence electrons. The molecule has 1 amide bonds. The lowest BCUT2D eigenvalue weighted by Crippen LogP contribution is -2.39. The summed E-state index contributed by atoms with van der Waals surface area (Å²) < 4.78 is 19.7. The third-order valence-electron chi connectivity index (χ3n) is 4.92. The SMILES string of the molecule is COC(=O)c1cccn1C1CCN(C(=O)CCc2ccc(F)cc2)CC1. The maximum Gasteiger partial charge on any atom is 0.354 e. The van der Waals surface area contributed by atoms with Crippen LogP contribution in [0.25, 0.3) is 0 Å². The van der Waals surface area contributed by atoms with Crippen LogP contribution in [0, 0.1) is 5.82 Å². The Morgan fingerprint density at radius 1 is 1.15 bits per heavy atom. The largest absolute Gasteiger partial charge is 0.464 e. The third kappa shape index (κ3) is 4.12. The molecule has 6 heteroatoms. The molecule has 1 fully saturated rings. The third-order valence-corrected chi connectivity index (χ3v) is 4.92. The van der Waals surface area contributed by atoms with Gasteiger partial charge >= 0.3 is 5.97 Å². The molecule has 1 aromatic carbocycles. The Balaban J connectivity index is 1.52. The number of halogens is 1. The Morgan fingerprint density at radius 3 is 2.50 bits per heavy atom. The Labute approximate surface area is 152 Å². The Morgan fingerprint density at radius 2 is 1.85 bits per heavy atom. The number of aromatic nitrogens is 1. The number of likely N-dealkylation sites (tertiary alicyclic amines) is 1. The maximum atomic E-state index is 12.9. The number of ether oxygens (including phenoxy) is 1. The number of nitrogens with zero attached hydrogens (tertiary/aromatic N) is 2. The molecule has 1 aliphatic rings. The summed E-state index contributed by atoms with van der Waals surface area (Å²) in [5, 5.41) is 0. The van der Waals surface area contributed by atoms with Crippen molar-refractivity contribution in [2.45, 2.75) is 31.7 Å². The van der Waals surface area contributed by atoms with E-state index in [1.807, 2.05) is 21.7 Å². The second kappa shape index (κ2) is 8.17. The standard InChI is InChI=1S/C20H23FN2O3/c1-26-20(25)18-3-2-12-23(18)17-10-13-22(14-11-17)19(24)9-6-15-4-7-16(21)8-5-15/h2-5,7-8,12,17H,6,9-11,13-14H2,1H3. The highest BCUT2D eigenvalue weighted by Crippen LogP contribution is 2.25. The van der Waals surface area contributed by atoms with Gasteiger partial charge in [0.25, 0.3) is 0 Å². The van der Waals surface area contributed by atoms with Crippen molar-refractivity contribution in [2.24, 2.45) is 0 Å². The number of carbonyl (C=O) groups excluding carboxylic acids is 2. The molecule has 2 heterocycles. The number of hydrogen-bond donors (Lipinski definition) is 0. The fourth-order valence-corrected chi connectivity index (χ4v) is 3.44. The monoisotopic (exact) mass is 358 g/mol. The van der Waals surface area contributed by atoms with Crippen LogP contribution in [0.5, 0.6) is 0 Å². The first-order chi connectivity index (χ1) is 12.6. The summed E-state index contributed by atoms with van der Waals surface area (Å²) in [6, 6.07) is 10.1. The summed E-state index contributed by atoms with van der Waals surface area (Å²) in [5.74, 6) is -0.486. The first-order valence-corrected chi connectivity index (χ1v) is 8.86. The molecule has 3 rings (SSSR count). The molecule has 1 saturated heterocycles. The second-order valence-electron chi connectivity index (χ2n) is 6.53. The Kier molecular flexibility index (Phi) is 5.71. The van der Waals surface area contributed by atoms with Crippen molar-refractivity contribution in [2.75, 3.05) is 20.2 Å². The number of methoxy groups -OCH3 is 1. The molecule has 1 aromatic heterocycles. The summed E-state index contributed by atoms with van der Waals surface area (Å²) in [6.45, 7) is 1.34. The van der Waals surface area contributed by atoms with Gasteiger partial charge in [0.15, 0.2) is 0 Å². The summed E-state index contributed by atoms with van der Waals surface area (Å²) in [6.07, 6.45) is 4.54. The van der Waals surface area contributed by atoms with E-state index in [9.17, 15) is 14.0 Å². The average molecular weight is 358 g/mol. The van der Waals surface area contributed by atoms with Gasteiger partial charge in [0.05, 0.1) is 7.11 Å². The minimum atomic E-state index is -0.340. The van der Waals surface area contributed by atoms with Gasteiger partial charge < -0.3 is 14.2 Å². The topological polar surface area (TPSA) is 51.5 Å². The number of rotatable bonds is 5. The lowest BCUT2D eigenvalue weighted by molar-refractivity contribution is -0.132. The van der Waals surface area contributed by atoms with Crippen LogP contribution in [0.15, 0.2) is 42.6 Å². The Bertz CT molecular complexity index is 762. The van der Waals surface area contributed by atoms with E-state index in [2.05, 4.69) is 0 Å². The number of hydrogen-bond acceptors (Lipinski definition) is 3. The fraction of sp³-hybridized carbons (Fsp3) is 0.400. The molecule has 0 saturated carbocycles. The van der Waals surface area contributed by atoms with Crippen molar-refractivity contribution in [3.05, 3.63) is 59.7 Å². The number of carbonyl (C=O) groups is 2. The highest BCUT2D eigenvalue weighted by molar-refractivity contribution is 5.87. The van der Waals surface area contributed by atoms with Crippen LogP contribution in [0.4, 0.5) is 4.39 Å². The van der Waals surface area contributed by atoms with Crippen molar-refractivity contribution >= 4 is 11.9 Å². The van der Waals surface area contributed by atoms with Crippen molar-refractivity contribution in [3.63, 3.8) is 0 Å². The quantitative estimate of drug-likeness (QED) is 0.771. The minimum Gasteiger partial charge on any atom is -0.464 e. The van der Waals surface area contributed by atoms with E-state index < -0.39 is 0 Å². The molecular weight excluding hydrogens is 335 g/mol. The fourth-order valence-electron chi connectivity index (χ4n) is 3.44. The molecule has 5 nitrogen and oxygen atoms in total. The number of esters is 1. The molecule has 0 aliphatic carbocycles. The normalized spacial score (nSPS) is 15.1.